The predicted molar refractivity (Wildman–Crippen MR) is 87.7 cm³/mol. The molecule has 6 nitrogen and oxygen atoms in total. The molecule has 0 aliphatic carbocycles. The van der Waals surface area contributed by atoms with Crippen molar-refractivity contribution in [2.45, 2.75) is 12.2 Å². The normalized spacial score (nSPS) is 26.4. The number of quaternary nitrogens is 1. The van der Waals surface area contributed by atoms with Crippen LogP contribution in [0.5, 0.6) is 0 Å². The molecule has 24 heavy (non-hydrogen) atoms. The van der Waals surface area contributed by atoms with Crippen molar-refractivity contribution in [3.8, 4) is 0 Å². The number of hydrogen-bond donors (Lipinski definition) is 2. The Kier molecular flexibility index (Phi) is 6.28. The van der Waals surface area contributed by atoms with Gasteiger partial charge in [-0.1, -0.05) is 48.6 Å². The molecule has 0 radical (unpaired) electrons. The zero-order valence-corrected chi connectivity index (χ0v) is 13.3. The van der Waals surface area contributed by atoms with Crippen molar-refractivity contribution in [2.75, 3.05) is 13.2 Å². The zero-order valence-electron chi connectivity index (χ0n) is 13.3. The zero-order chi connectivity index (χ0) is 17.5. The van der Waals surface area contributed by atoms with E-state index in [-0.39, 0.29) is 6.61 Å². The van der Waals surface area contributed by atoms with Crippen LogP contribution < -0.4 is 5.73 Å². The minimum Gasteiger partial charge on any atom is -0.481 e. The van der Waals surface area contributed by atoms with E-state index in [1.807, 2.05) is 30.3 Å². The average molecular weight is 332 g/mol. The molecule has 6 heteroatoms. The van der Waals surface area contributed by atoms with E-state index in [1.54, 1.807) is 12.2 Å². The van der Waals surface area contributed by atoms with Gasteiger partial charge in [0, 0.05) is 0 Å². The Balaban J connectivity index is 2.22. The van der Waals surface area contributed by atoms with E-state index >= 15 is 0 Å². The highest BCUT2D eigenvalue weighted by Gasteiger charge is 2.51. The number of carbonyl (C=O) groups excluding carboxylic acids is 1. The first-order valence-corrected chi connectivity index (χ1v) is 7.78. The van der Waals surface area contributed by atoms with Crippen molar-refractivity contribution in [3.63, 3.8) is 0 Å². The smallest absolute Gasteiger partial charge is 0.313 e. The summed E-state index contributed by atoms with van der Waals surface area (Å²) >= 11 is 0. The van der Waals surface area contributed by atoms with E-state index in [2.05, 4.69) is 12.3 Å². The van der Waals surface area contributed by atoms with Gasteiger partial charge in [-0.3, -0.25) is 9.59 Å². The molecule has 0 bridgehead atoms. The Bertz CT molecular complexity index is 613. The van der Waals surface area contributed by atoms with Crippen molar-refractivity contribution < 1.29 is 29.9 Å². The van der Waals surface area contributed by atoms with E-state index in [0.29, 0.717) is 6.54 Å². The maximum Gasteiger partial charge on any atom is 0.313 e. The number of esters is 1. The molecular formula is C18H22NO5+. The quantitative estimate of drug-likeness (QED) is 0.567. The van der Waals surface area contributed by atoms with Gasteiger partial charge in [0.05, 0.1) is 12.2 Å². The minimum atomic E-state index is -1.10. The van der Waals surface area contributed by atoms with Crippen molar-refractivity contribution in [2.24, 2.45) is 11.8 Å². The van der Waals surface area contributed by atoms with Crippen LogP contribution in [0.3, 0.4) is 0 Å². The Morgan fingerprint density at radius 2 is 1.96 bits per heavy atom. The molecule has 1 aromatic rings. The van der Waals surface area contributed by atoms with Crippen LogP contribution in [-0.2, 0) is 19.1 Å². The van der Waals surface area contributed by atoms with Gasteiger partial charge in [0.2, 0.25) is 0 Å². The van der Waals surface area contributed by atoms with Crippen LogP contribution in [-0.4, -0.2) is 42.4 Å². The van der Waals surface area contributed by atoms with Gasteiger partial charge in [-0.15, -0.1) is 6.58 Å². The Morgan fingerprint density at radius 3 is 2.54 bits per heavy atom. The largest absolute Gasteiger partial charge is 0.481 e. The van der Waals surface area contributed by atoms with Gasteiger partial charge >= 0.3 is 11.9 Å². The summed E-state index contributed by atoms with van der Waals surface area (Å²) in [5, 5.41) is 9.57. The molecule has 4 N–H and O–H groups in total. The third kappa shape index (κ3) is 4.10. The standard InChI is InChI=1S/C18H21NO5/c1-2-13-16(18(22)23-11-10-19)15(17(20)21)14(24-13)9-8-12-6-4-3-5-7-12/h2-9,13-16H,1,10-11,19H2,(H,20,21)/p+1/b9-8+. The van der Waals surface area contributed by atoms with E-state index in [1.165, 1.54) is 6.08 Å². The predicted octanol–water partition coefficient (Wildman–Crippen LogP) is 0.755. The number of aliphatic carboxylic acids is 1. The fourth-order valence-electron chi connectivity index (χ4n) is 2.74. The fourth-order valence-corrected chi connectivity index (χ4v) is 2.74. The molecule has 1 aliphatic heterocycles. The second kappa shape index (κ2) is 8.42. The Hall–Kier alpha value is -2.44. The topological polar surface area (TPSA) is 100 Å². The maximum absolute atomic E-state index is 12.2. The number of benzene rings is 1. The summed E-state index contributed by atoms with van der Waals surface area (Å²) < 4.78 is 10.8. The number of ether oxygens (including phenoxy) is 2. The highest BCUT2D eigenvalue weighted by Crippen LogP contribution is 2.35. The van der Waals surface area contributed by atoms with E-state index < -0.39 is 36.0 Å². The Morgan fingerprint density at radius 1 is 1.25 bits per heavy atom. The molecule has 1 heterocycles. The number of carboxylic acids is 1. The summed E-state index contributed by atoms with van der Waals surface area (Å²) in [5.74, 6) is -3.63. The van der Waals surface area contributed by atoms with Crippen LogP contribution in [0.25, 0.3) is 6.08 Å². The first kappa shape index (κ1) is 17.9. The number of rotatable bonds is 7. The number of carboxylic acid groups (broad SMARTS) is 1. The summed E-state index contributed by atoms with van der Waals surface area (Å²) in [4.78, 5) is 23.9. The highest BCUT2D eigenvalue weighted by atomic mass is 16.5. The lowest BCUT2D eigenvalue weighted by molar-refractivity contribution is -0.372. The van der Waals surface area contributed by atoms with E-state index in [9.17, 15) is 14.7 Å². The van der Waals surface area contributed by atoms with Crippen molar-refractivity contribution in [1.82, 2.24) is 0 Å². The monoisotopic (exact) mass is 332 g/mol. The molecular weight excluding hydrogens is 310 g/mol. The summed E-state index contributed by atoms with van der Waals surface area (Å²) in [6.45, 7) is 4.21. The van der Waals surface area contributed by atoms with Crippen LogP contribution in [0.4, 0.5) is 0 Å². The van der Waals surface area contributed by atoms with Crippen LogP contribution in [0, 0.1) is 11.8 Å². The lowest BCUT2D eigenvalue weighted by Gasteiger charge is -2.17. The number of carbonyl (C=O) groups is 2. The second-order valence-corrected chi connectivity index (χ2v) is 5.48. The Labute approximate surface area is 140 Å². The molecule has 128 valence electrons. The first-order chi connectivity index (χ1) is 11.6. The molecule has 1 aliphatic rings. The lowest BCUT2D eigenvalue weighted by Crippen LogP contribution is -2.52. The molecule has 1 fully saturated rings. The van der Waals surface area contributed by atoms with Crippen molar-refractivity contribution in [1.29, 1.82) is 0 Å². The van der Waals surface area contributed by atoms with E-state index in [0.717, 1.165) is 5.56 Å². The molecule has 1 saturated heterocycles. The first-order valence-electron chi connectivity index (χ1n) is 7.78. The van der Waals surface area contributed by atoms with Crippen molar-refractivity contribution in [3.05, 3.63) is 54.6 Å². The summed E-state index contributed by atoms with van der Waals surface area (Å²) in [6.07, 6.45) is 3.46. The molecule has 4 atom stereocenters. The van der Waals surface area contributed by atoms with Gasteiger partial charge in [0.15, 0.2) is 0 Å². The summed E-state index contributed by atoms with van der Waals surface area (Å²) in [7, 11) is 0. The molecule has 0 saturated carbocycles. The molecule has 0 spiro atoms. The van der Waals surface area contributed by atoms with Gasteiger partial charge < -0.3 is 20.3 Å². The van der Waals surface area contributed by atoms with Crippen LogP contribution in [0.2, 0.25) is 0 Å². The van der Waals surface area contributed by atoms with Crippen LogP contribution >= 0.6 is 0 Å². The van der Waals surface area contributed by atoms with Gasteiger partial charge in [0.1, 0.15) is 25.0 Å². The fraction of sp³-hybridized carbons (Fsp3) is 0.333. The van der Waals surface area contributed by atoms with Gasteiger partial charge in [-0.25, -0.2) is 0 Å². The molecule has 1 aromatic carbocycles. The second-order valence-electron chi connectivity index (χ2n) is 5.48. The van der Waals surface area contributed by atoms with Crippen LogP contribution in [0.1, 0.15) is 5.56 Å². The number of hydrogen-bond acceptors (Lipinski definition) is 4. The molecule has 0 amide bonds. The third-order valence-electron chi connectivity index (χ3n) is 3.87. The van der Waals surface area contributed by atoms with Crippen LogP contribution in [0.15, 0.2) is 49.1 Å². The summed E-state index contributed by atoms with van der Waals surface area (Å²) in [6, 6.07) is 9.45. The van der Waals surface area contributed by atoms with Gasteiger partial charge in [-0.2, -0.15) is 0 Å². The third-order valence-corrected chi connectivity index (χ3v) is 3.87. The average Bonchev–Trinajstić information content (AvgIpc) is 2.97. The van der Waals surface area contributed by atoms with Gasteiger partial charge in [0.25, 0.3) is 0 Å². The molecule has 4 unspecified atom stereocenters. The highest BCUT2D eigenvalue weighted by molar-refractivity contribution is 5.83. The van der Waals surface area contributed by atoms with E-state index in [4.69, 9.17) is 9.47 Å². The lowest BCUT2D eigenvalue weighted by atomic mass is 9.86. The SMILES string of the molecule is C=CC1OC(/C=C/c2ccccc2)C(C(=O)O)C1C(=O)OCC[NH3+]. The maximum atomic E-state index is 12.2. The molecule has 0 aromatic heterocycles. The molecule has 2 rings (SSSR count). The summed E-state index contributed by atoms with van der Waals surface area (Å²) in [5.41, 5.74) is 4.52. The minimum absolute atomic E-state index is 0.149. The van der Waals surface area contributed by atoms with Gasteiger partial charge in [-0.05, 0) is 5.56 Å². The van der Waals surface area contributed by atoms with Crippen molar-refractivity contribution >= 4 is 18.0 Å².